The van der Waals surface area contributed by atoms with Gasteiger partial charge in [0, 0.05) is 5.56 Å². The molecule has 6 nitrogen and oxygen atoms in total. The number of nitrogens with zero attached hydrogens (tertiary/aromatic N) is 4. The van der Waals surface area contributed by atoms with Gasteiger partial charge in [0.2, 0.25) is 0 Å². The fourth-order valence-electron chi connectivity index (χ4n) is 3.13. The number of nitrogens with one attached hydrogen (secondary N) is 1. The molecule has 2 atom stereocenters. The number of carbonyl (C=O) groups is 1. The quantitative estimate of drug-likeness (QED) is 0.859. The van der Waals surface area contributed by atoms with Gasteiger partial charge in [-0.25, -0.2) is 0 Å². The monoisotopic (exact) mass is 323 g/mol. The molecule has 0 radical (unpaired) electrons. The van der Waals surface area contributed by atoms with E-state index in [1.165, 1.54) is 0 Å². The summed E-state index contributed by atoms with van der Waals surface area (Å²) >= 11 is 0. The SMILES string of the molecule is O=C(N[C@@H](c1nnn([C@@H]2C=CCCC2)n1)C1CC1)c1ccccc1. The maximum Gasteiger partial charge on any atom is 0.251 e. The minimum Gasteiger partial charge on any atom is -0.342 e. The largest absolute Gasteiger partial charge is 0.342 e. The minimum atomic E-state index is -0.154. The summed E-state index contributed by atoms with van der Waals surface area (Å²) in [5, 5.41) is 16.1. The normalized spacial score (nSPS) is 21.4. The molecule has 0 unspecified atom stereocenters. The number of rotatable bonds is 5. The molecular weight excluding hydrogens is 302 g/mol. The van der Waals surface area contributed by atoms with Gasteiger partial charge in [-0.05, 0) is 55.4 Å². The molecule has 4 rings (SSSR count). The lowest BCUT2D eigenvalue weighted by atomic mass is 10.0. The molecule has 2 aromatic rings. The van der Waals surface area contributed by atoms with E-state index in [1.54, 1.807) is 4.80 Å². The first-order valence-corrected chi connectivity index (χ1v) is 8.63. The standard InChI is InChI=1S/C18H21N5O/c24-18(14-7-3-1-4-8-14)19-16(13-11-12-13)17-20-22-23(21-17)15-9-5-2-6-10-15/h1,3-5,7-9,13,15-16H,2,6,10-12H2,(H,19,24)/t15-,16-/m1/s1. The summed E-state index contributed by atoms with van der Waals surface area (Å²) in [7, 11) is 0. The van der Waals surface area contributed by atoms with Crippen molar-refractivity contribution in [1.29, 1.82) is 0 Å². The highest BCUT2D eigenvalue weighted by Crippen LogP contribution is 2.40. The summed E-state index contributed by atoms with van der Waals surface area (Å²) in [6.07, 6.45) is 9.81. The molecule has 1 N–H and O–H groups in total. The number of amides is 1. The smallest absolute Gasteiger partial charge is 0.251 e. The highest BCUT2D eigenvalue weighted by atomic mass is 16.1. The van der Waals surface area contributed by atoms with E-state index in [4.69, 9.17) is 0 Å². The van der Waals surface area contributed by atoms with Crippen LogP contribution in [0.4, 0.5) is 0 Å². The third-order valence-corrected chi connectivity index (χ3v) is 4.66. The third kappa shape index (κ3) is 3.22. The Labute approximate surface area is 140 Å². The Morgan fingerprint density at radius 2 is 2.04 bits per heavy atom. The molecule has 1 heterocycles. The average Bonchev–Trinajstić information content (AvgIpc) is 3.37. The summed E-state index contributed by atoms with van der Waals surface area (Å²) in [5.41, 5.74) is 0.658. The van der Waals surface area contributed by atoms with Crippen LogP contribution < -0.4 is 5.32 Å². The van der Waals surface area contributed by atoms with Crippen LogP contribution in [0.25, 0.3) is 0 Å². The topological polar surface area (TPSA) is 72.7 Å². The van der Waals surface area contributed by atoms with Crippen LogP contribution in [-0.2, 0) is 0 Å². The summed E-state index contributed by atoms with van der Waals surface area (Å²) in [6, 6.07) is 9.30. The van der Waals surface area contributed by atoms with Crippen molar-refractivity contribution in [3.05, 3.63) is 53.9 Å². The third-order valence-electron chi connectivity index (χ3n) is 4.66. The summed E-state index contributed by atoms with van der Waals surface area (Å²) in [5.74, 6) is 0.958. The van der Waals surface area contributed by atoms with E-state index in [-0.39, 0.29) is 18.0 Å². The molecule has 1 fully saturated rings. The predicted octanol–water partition coefficient (Wildman–Crippen LogP) is 2.84. The van der Waals surface area contributed by atoms with Gasteiger partial charge in [0.15, 0.2) is 5.82 Å². The first-order chi connectivity index (χ1) is 11.8. The van der Waals surface area contributed by atoms with Crippen LogP contribution in [0.1, 0.15) is 60.4 Å². The average molecular weight is 323 g/mol. The predicted molar refractivity (Wildman–Crippen MR) is 89.2 cm³/mol. The van der Waals surface area contributed by atoms with Gasteiger partial charge in [-0.15, -0.1) is 10.2 Å². The molecule has 0 spiro atoms. The lowest BCUT2D eigenvalue weighted by Crippen LogP contribution is -2.30. The van der Waals surface area contributed by atoms with Crippen molar-refractivity contribution >= 4 is 5.91 Å². The summed E-state index contributed by atoms with van der Waals surface area (Å²) in [4.78, 5) is 14.2. The number of hydrogen-bond acceptors (Lipinski definition) is 4. The van der Waals surface area contributed by atoms with Crippen molar-refractivity contribution in [2.24, 2.45) is 5.92 Å². The summed E-state index contributed by atoms with van der Waals surface area (Å²) < 4.78 is 0. The van der Waals surface area contributed by atoms with Crippen molar-refractivity contribution in [3.8, 4) is 0 Å². The molecule has 124 valence electrons. The molecule has 6 heteroatoms. The fourth-order valence-corrected chi connectivity index (χ4v) is 3.13. The van der Waals surface area contributed by atoms with Crippen LogP contribution in [0.5, 0.6) is 0 Å². The van der Waals surface area contributed by atoms with Crippen LogP contribution in [0.3, 0.4) is 0 Å². The van der Waals surface area contributed by atoms with E-state index in [0.717, 1.165) is 32.1 Å². The number of hydrogen-bond donors (Lipinski definition) is 1. The Hall–Kier alpha value is -2.50. The van der Waals surface area contributed by atoms with Crippen LogP contribution in [0.2, 0.25) is 0 Å². The Morgan fingerprint density at radius 1 is 1.21 bits per heavy atom. The zero-order valence-corrected chi connectivity index (χ0v) is 13.5. The maximum atomic E-state index is 12.5. The fraction of sp³-hybridized carbons (Fsp3) is 0.444. The lowest BCUT2D eigenvalue weighted by molar-refractivity contribution is 0.0929. The van der Waals surface area contributed by atoms with Crippen molar-refractivity contribution in [2.45, 2.75) is 44.2 Å². The molecule has 2 aliphatic rings. The van der Waals surface area contributed by atoms with Crippen LogP contribution >= 0.6 is 0 Å². The molecule has 0 saturated heterocycles. The molecule has 1 amide bonds. The van der Waals surface area contributed by atoms with Crippen LogP contribution in [0.15, 0.2) is 42.5 Å². The van der Waals surface area contributed by atoms with E-state index >= 15 is 0 Å². The zero-order valence-electron chi connectivity index (χ0n) is 13.5. The molecule has 2 aliphatic carbocycles. The molecule has 1 saturated carbocycles. The number of aromatic nitrogens is 4. The Kier molecular flexibility index (Phi) is 4.11. The molecule has 1 aromatic carbocycles. The number of allylic oxidation sites excluding steroid dienone is 2. The van der Waals surface area contributed by atoms with Crippen molar-refractivity contribution in [3.63, 3.8) is 0 Å². The lowest BCUT2D eigenvalue weighted by Gasteiger charge is -2.16. The highest BCUT2D eigenvalue weighted by molar-refractivity contribution is 5.94. The maximum absolute atomic E-state index is 12.5. The van der Waals surface area contributed by atoms with E-state index in [9.17, 15) is 4.79 Å². The van der Waals surface area contributed by atoms with E-state index in [0.29, 0.717) is 17.3 Å². The second kappa shape index (κ2) is 6.55. The first kappa shape index (κ1) is 15.1. The van der Waals surface area contributed by atoms with E-state index in [2.05, 4.69) is 32.9 Å². The van der Waals surface area contributed by atoms with Gasteiger partial charge in [0.25, 0.3) is 5.91 Å². The van der Waals surface area contributed by atoms with Gasteiger partial charge in [-0.1, -0.05) is 30.4 Å². The summed E-state index contributed by atoms with van der Waals surface area (Å²) in [6.45, 7) is 0. The molecule has 24 heavy (non-hydrogen) atoms. The van der Waals surface area contributed by atoms with E-state index < -0.39 is 0 Å². The van der Waals surface area contributed by atoms with Gasteiger partial charge in [0.1, 0.15) is 0 Å². The minimum absolute atomic E-state index is 0.0820. The van der Waals surface area contributed by atoms with Crippen molar-refractivity contribution in [1.82, 2.24) is 25.5 Å². The van der Waals surface area contributed by atoms with Crippen molar-refractivity contribution < 1.29 is 4.79 Å². The number of tetrazole rings is 1. The second-order valence-electron chi connectivity index (χ2n) is 6.55. The molecule has 1 aromatic heterocycles. The van der Waals surface area contributed by atoms with Gasteiger partial charge in [-0.2, -0.15) is 4.80 Å². The van der Waals surface area contributed by atoms with Gasteiger partial charge < -0.3 is 5.32 Å². The van der Waals surface area contributed by atoms with Gasteiger partial charge in [0.05, 0.1) is 12.1 Å². The van der Waals surface area contributed by atoms with Crippen molar-refractivity contribution in [2.75, 3.05) is 0 Å². The molecule has 0 bridgehead atoms. The first-order valence-electron chi connectivity index (χ1n) is 8.63. The molecular formula is C18H21N5O. The second-order valence-corrected chi connectivity index (χ2v) is 6.55. The Balaban J connectivity index is 1.51. The molecule has 0 aliphatic heterocycles. The van der Waals surface area contributed by atoms with E-state index in [1.807, 2.05) is 30.3 Å². The zero-order chi connectivity index (χ0) is 16.4. The van der Waals surface area contributed by atoms with Crippen LogP contribution in [-0.4, -0.2) is 26.1 Å². The number of benzene rings is 1. The highest BCUT2D eigenvalue weighted by Gasteiger charge is 2.36. The number of carbonyl (C=O) groups excluding carboxylic acids is 1. The van der Waals surface area contributed by atoms with Gasteiger partial charge in [-0.3, -0.25) is 4.79 Å². The Morgan fingerprint density at radius 3 is 2.75 bits per heavy atom. The van der Waals surface area contributed by atoms with Gasteiger partial charge >= 0.3 is 0 Å². The van der Waals surface area contributed by atoms with Crippen LogP contribution in [0, 0.1) is 5.92 Å². The Bertz CT molecular complexity index is 735.